The summed E-state index contributed by atoms with van der Waals surface area (Å²) in [4.78, 5) is 8.95. The highest BCUT2D eigenvalue weighted by Crippen LogP contribution is 2.36. The number of aryl methyl sites for hydroxylation is 2. The number of tetrazole rings is 1. The van der Waals surface area contributed by atoms with E-state index in [-0.39, 0.29) is 22.8 Å². The molecule has 43 heavy (non-hydrogen) atoms. The highest BCUT2D eigenvalue weighted by atomic mass is 35.5. The molecule has 0 aliphatic carbocycles. The maximum absolute atomic E-state index is 11.5. The fourth-order valence-electron chi connectivity index (χ4n) is 5.20. The average Bonchev–Trinajstić information content (AvgIpc) is 3.61. The Kier molecular flexibility index (Phi) is 9.49. The number of nitrogens with zero attached hydrogens (tertiary/aromatic N) is 7. The van der Waals surface area contributed by atoms with Crippen LogP contribution < -0.4 is 0 Å². The zero-order valence-corrected chi connectivity index (χ0v) is 25.5. The van der Waals surface area contributed by atoms with Gasteiger partial charge in [-0.3, -0.25) is 4.98 Å². The topological polar surface area (TPSA) is 124 Å². The van der Waals surface area contributed by atoms with Crippen molar-refractivity contribution in [1.82, 2.24) is 34.7 Å². The predicted octanol–water partition coefficient (Wildman–Crippen LogP) is 6.29. The van der Waals surface area contributed by atoms with Crippen LogP contribution in [0.25, 0.3) is 22.5 Å². The van der Waals surface area contributed by atoms with Crippen molar-refractivity contribution in [3.05, 3.63) is 94.3 Å². The van der Waals surface area contributed by atoms with Crippen LogP contribution >= 0.6 is 11.6 Å². The summed E-state index contributed by atoms with van der Waals surface area (Å²) < 4.78 is 9.42. The number of unbranched alkanes of at least 4 members (excludes halogenated alkanes) is 1. The maximum Gasteiger partial charge on any atom is 0.185 e. The second kappa shape index (κ2) is 13.5. The predicted molar refractivity (Wildman–Crippen MR) is 165 cm³/mol. The van der Waals surface area contributed by atoms with E-state index < -0.39 is 6.10 Å². The zero-order chi connectivity index (χ0) is 30.5. The maximum atomic E-state index is 11.5. The van der Waals surface area contributed by atoms with Gasteiger partial charge in [0.2, 0.25) is 0 Å². The van der Waals surface area contributed by atoms with Gasteiger partial charge in [0.1, 0.15) is 23.4 Å². The van der Waals surface area contributed by atoms with Crippen molar-refractivity contribution in [3.8, 4) is 28.3 Å². The lowest BCUT2D eigenvalue weighted by molar-refractivity contribution is 0.0159. The molecule has 10 nitrogen and oxygen atoms in total. The van der Waals surface area contributed by atoms with Crippen LogP contribution in [0.2, 0.25) is 5.15 Å². The van der Waals surface area contributed by atoms with Gasteiger partial charge in [0.15, 0.2) is 17.2 Å². The van der Waals surface area contributed by atoms with Crippen LogP contribution in [0, 0.1) is 6.92 Å². The highest BCUT2D eigenvalue weighted by Gasteiger charge is 2.27. The first kappa shape index (κ1) is 30.3. The molecule has 0 saturated heterocycles. The van der Waals surface area contributed by atoms with E-state index in [1.807, 2.05) is 61.7 Å². The van der Waals surface area contributed by atoms with Crippen LogP contribution in [0.3, 0.4) is 0 Å². The SMILES string of the molecule is CCCCc1nc(Cl)c(C(O)c2ncc(C)cc2O)n1Cc1ccc(-c2ccccc2)c(-c2nnnn2C(C)OCC)c1. The summed E-state index contributed by atoms with van der Waals surface area (Å²) >= 11 is 6.68. The summed E-state index contributed by atoms with van der Waals surface area (Å²) in [5, 5.41) is 34.9. The van der Waals surface area contributed by atoms with Gasteiger partial charge in [-0.05, 0) is 72.0 Å². The van der Waals surface area contributed by atoms with E-state index in [2.05, 4.69) is 44.5 Å². The third-order valence-corrected chi connectivity index (χ3v) is 7.62. The normalized spacial score (nSPS) is 12.9. The molecule has 2 atom stereocenters. The van der Waals surface area contributed by atoms with E-state index in [1.165, 1.54) is 0 Å². The number of aromatic hydroxyl groups is 1. The molecule has 5 aromatic rings. The van der Waals surface area contributed by atoms with Gasteiger partial charge in [0, 0.05) is 31.3 Å². The molecule has 0 amide bonds. The Hall–Kier alpha value is -4.12. The molecule has 0 aliphatic rings. The molecular weight excluding hydrogens is 566 g/mol. The van der Waals surface area contributed by atoms with Crippen molar-refractivity contribution in [1.29, 1.82) is 0 Å². The van der Waals surface area contributed by atoms with Crippen molar-refractivity contribution >= 4 is 11.6 Å². The lowest BCUT2D eigenvalue weighted by atomic mass is 9.96. The van der Waals surface area contributed by atoms with Crippen LogP contribution in [0.5, 0.6) is 5.75 Å². The van der Waals surface area contributed by atoms with Crippen LogP contribution in [0.15, 0.2) is 60.8 Å². The first-order valence-electron chi connectivity index (χ1n) is 14.5. The summed E-state index contributed by atoms with van der Waals surface area (Å²) in [6, 6.07) is 17.8. The number of ether oxygens (including phenoxy) is 1. The Bertz CT molecular complexity index is 1690. The van der Waals surface area contributed by atoms with Gasteiger partial charge >= 0.3 is 0 Å². The molecule has 2 unspecified atom stereocenters. The van der Waals surface area contributed by atoms with E-state index >= 15 is 0 Å². The molecule has 0 radical (unpaired) electrons. The fraction of sp³-hybridized carbons (Fsp3) is 0.344. The molecular formula is C32H36ClN7O3. The molecule has 0 aliphatic heterocycles. The monoisotopic (exact) mass is 601 g/mol. The Morgan fingerprint density at radius 1 is 1.05 bits per heavy atom. The quantitative estimate of drug-likeness (QED) is 0.171. The molecule has 5 rings (SSSR count). The van der Waals surface area contributed by atoms with Gasteiger partial charge in [0.05, 0.1) is 5.69 Å². The molecule has 0 bridgehead atoms. The van der Waals surface area contributed by atoms with E-state index in [0.717, 1.165) is 46.5 Å². The second-order valence-corrected chi connectivity index (χ2v) is 10.8. The largest absolute Gasteiger partial charge is 0.506 e. The van der Waals surface area contributed by atoms with Gasteiger partial charge in [-0.15, -0.1) is 5.10 Å². The Morgan fingerprint density at radius 2 is 1.84 bits per heavy atom. The van der Waals surface area contributed by atoms with Crippen molar-refractivity contribution in [2.75, 3.05) is 6.61 Å². The Balaban J connectivity index is 1.63. The number of aliphatic hydroxyl groups excluding tert-OH is 1. The van der Waals surface area contributed by atoms with Crippen LogP contribution in [0.1, 0.15) is 74.3 Å². The molecule has 2 N–H and O–H groups in total. The lowest BCUT2D eigenvalue weighted by Gasteiger charge is -2.19. The minimum Gasteiger partial charge on any atom is -0.506 e. The van der Waals surface area contributed by atoms with Crippen LogP contribution in [-0.2, 0) is 17.7 Å². The number of benzene rings is 2. The molecule has 11 heteroatoms. The van der Waals surface area contributed by atoms with Crippen molar-refractivity contribution in [3.63, 3.8) is 0 Å². The van der Waals surface area contributed by atoms with Crippen molar-refractivity contribution in [2.45, 2.75) is 65.8 Å². The van der Waals surface area contributed by atoms with E-state index in [4.69, 9.17) is 16.3 Å². The lowest BCUT2D eigenvalue weighted by Crippen LogP contribution is -2.15. The van der Waals surface area contributed by atoms with E-state index in [9.17, 15) is 10.2 Å². The molecule has 2 aromatic carbocycles. The van der Waals surface area contributed by atoms with Crippen LogP contribution in [0.4, 0.5) is 0 Å². The number of aromatic nitrogens is 7. The summed E-state index contributed by atoms with van der Waals surface area (Å²) in [6.07, 6.45) is 2.51. The summed E-state index contributed by atoms with van der Waals surface area (Å²) in [7, 11) is 0. The minimum absolute atomic E-state index is 0.101. The number of imidazole rings is 1. The molecule has 3 heterocycles. The summed E-state index contributed by atoms with van der Waals surface area (Å²) in [6.45, 7) is 8.66. The molecule has 0 saturated carbocycles. The second-order valence-electron chi connectivity index (χ2n) is 10.5. The Morgan fingerprint density at radius 3 is 2.56 bits per heavy atom. The fourth-order valence-corrected chi connectivity index (χ4v) is 5.51. The Labute approximate surface area is 256 Å². The van der Waals surface area contributed by atoms with Gasteiger partial charge in [-0.25, -0.2) is 4.98 Å². The summed E-state index contributed by atoms with van der Waals surface area (Å²) in [5.74, 6) is 1.22. The number of aliphatic hydroxyl groups is 1. The third-order valence-electron chi connectivity index (χ3n) is 7.34. The smallest absolute Gasteiger partial charge is 0.185 e. The molecule has 0 fully saturated rings. The van der Waals surface area contributed by atoms with Crippen molar-refractivity contribution < 1.29 is 14.9 Å². The van der Waals surface area contributed by atoms with Gasteiger partial charge in [-0.2, -0.15) is 4.68 Å². The highest BCUT2D eigenvalue weighted by molar-refractivity contribution is 6.30. The third kappa shape index (κ3) is 6.46. The van der Waals surface area contributed by atoms with Gasteiger partial charge in [0.25, 0.3) is 0 Å². The summed E-state index contributed by atoms with van der Waals surface area (Å²) in [5.41, 5.74) is 5.03. The first-order chi connectivity index (χ1) is 20.8. The first-order valence-corrected chi connectivity index (χ1v) is 14.9. The van der Waals surface area contributed by atoms with Crippen LogP contribution in [-0.4, -0.2) is 51.6 Å². The average molecular weight is 602 g/mol. The number of halogens is 1. The number of pyridine rings is 1. The molecule has 3 aromatic heterocycles. The number of hydrogen-bond donors (Lipinski definition) is 2. The van der Waals surface area contributed by atoms with Gasteiger partial charge in [-0.1, -0.05) is 67.4 Å². The zero-order valence-electron chi connectivity index (χ0n) is 24.8. The standard InChI is InChI=1S/C32H36ClN7O3/c1-5-7-13-27-35-31(33)29(30(42)28-26(41)16-20(3)18-34-28)39(27)19-22-14-15-24(23-11-9-8-10-12-23)25(17-22)32-36-37-38-40(32)21(4)43-6-2/h8-12,14-18,21,30,41-42H,5-7,13,19H2,1-4H3. The van der Waals surface area contributed by atoms with E-state index in [0.29, 0.717) is 31.1 Å². The molecule has 0 spiro atoms. The van der Waals surface area contributed by atoms with Crippen molar-refractivity contribution in [2.24, 2.45) is 0 Å². The minimum atomic E-state index is -1.28. The van der Waals surface area contributed by atoms with Gasteiger partial charge < -0.3 is 19.5 Å². The van der Waals surface area contributed by atoms with E-state index in [1.54, 1.807) is 16.9 Å². The number of hydrogen-bond acceptors (Lipinski definition) is 8. The molecule has 224 valence electrons. The number of rotatable bonds is 12.